The molecule has 2 nitrogen and oxygen atoms in total. The number of benzene rings is 1. The highest BCUT2D eigenvalue weighted by molar-refractivity contribution is 14.1. The molecular weight excluding hydrogens is 414 g/mol. The summed E-state index contributed by atoms with van der Waals surface area (Å²) >= 11 is 4.41. The molecule has 0 aliphatic carbocycles. The normalized spacial score (nSPS) is 11.1. The fourth-order valence-electron chi connectivity index (χ4n) is 1.19. The van der Waals surface area contributed by atoms with Crippen LogP contribution in [0.25, 0.3) is 0 Å². The summed E-state index contributed by atoms with van der Waals surface area (Å²) < 4.78 is 37.6. The summed E-state index contributed by atoms with van der Waals surface area (Å²) in [5, 5.41) is 8.72. The van der Waals surface area contributed by atoms with E-state index in [2.05, 4.69) is 15.9 Å². The second-order valence-electron chi connectivity index (χ2n) is 3.04. The molecule has 0 aliphatic rings. The Bertz CT molecular complexity index is 507. The average molecular weight is 418 g/mol. The number of ketones is 1. The molecule has 0 spiro atoms. The van der Waals surface area contributed by atoms with Crippen LogP contribution in [0.4, 0.5) is 13.2 Å². The first-order valence-electron chi connectivity index (χ1n) is 4.21. The van der Waals surface area contributed by atoms with E-state index in [0.717, 1.165) is 6.07 Å². The Morgan fingerprint density at radius 3 is 2.47 bits per heavy atom. The van der Waals surface area contributed by atoms with Crippen molar-refractivity contribution in [3.63, 3.8) is 0 Å². The molecule has 0 saturated heterocycles. The fraction of sp³-hybridized carbons (Fsp3) is 0.200. The van der Waals surface area contributed by atoms with Gasteiger partial charge in [-0.15, -0.1) is 0 Å². The molecule has 0 aliphatic heterocycles. The summed E-state index contributed by atoms with van der Waals surface area (Å²) in [5.74, 6) is -0.423. The van der Waals surface area contributed by atoms with Crippen molar-refractivity contribution in [1.82, 2.24) is 0 Å². The van der Waals surface area contributed by atoms with Crippen molar-refractivity contribution in [1.29, 1.82) is 5.26 Å². The summed E-state index contributed by atoms with van der Waals surface area (Å²) in [7, 11) is 0. The zero-order valence-electron chi connectivity index (χ0n) is 8.11. The summed E-state index contributed by atoms with van der Waals surface area (Å²) in [5.41, 5.74) is -1.16. The van der Waals surface area contributed by atoms with Crippen molar-refractivity contribution in [3.05, 3.63) is 32.4 Å². The lowest BCUT2D eigenvalue weighted by Crippen LogP contribution is -2.11. The van der Waals surface area contributed by atoms with Crippen LogP contribution in [0.3, 0.4) is 0 Å². The van der Waals surface area contributed by atoms with E-state index < -0.39 is 17.5 Å². The number of nitrogens with zero attached hydrogens (tertiary/aromatic N) is 1. The van der Waals surface area contributed by atoms with Gasteiger partial charge in [-0.1, -0.05) is 15.9 Å². The van der Waals surface area contributed by atoms with Crippen LogP contribution in [0.15, 0.2) is 12.1 Å². The molecule has 7 heteroatoms. The van der Waals surface area contributed by atoms with Gasteiger partial charge >= 0.3 is 6.18 Å². The van der Waals surface area contributed by atoms with Crippen LogP contribution in [0.5, 0.6) is 0 Å². The Morgan fingerprint density at radius 1 is 1.47 bits per heavy atom. The van der Waals surface area contributed by atoms with Crippen molar-refractivity contribution in [3.8, 4) is 6.07 Å². The summed E-state index contributed by atoms with van der Waals surface area (Å²) in [6, 6.07) is 3.40. The van der Waals surface area contributed by atoms with Crippen molar-refractivity contribution in [2.75, 3.05) is 5.33 Å². The van der Waals surface area contributed by atoms with Crippen LogP contribution >= 0.6 is 38.5 Å². The number of rotatable bonds is 2. The third kappa shape index (κ3) is 3.19. The third-order valence-corrected chi connectivity index (χ3v) is 3.36. The molecule has 0 heterocycles. The molecule has 0 aromatic heterocycles. The molecule has 1 aromatic carbocycles. The van der Waals surface area contributed by atoms with E-state index in [0.29, 0.717) is 6.07 Å². The number of alkyl halides is 4. The van der Waals surface area contributed by atoms with E-state index in [1.54, 1.807) is 6.07 Å². The van der Waals surface area contributed by atoms with E-state index in [-0.39, 0.29) is 20.0 Å². The number of nitriles is 1. The smallest absolute Gasteiger partial charge is 0.293 e. The largest absolute Gasteiger partial charge is 0.417 e. The molecule has 0 atom stereocenters. The maximum Gasteiger partial charge on any atom is 0.417 e. The van der Waals surface area contributed by atoms with Gasteiger partial charge in [-0.25, -0.2) is 0 Å². The van der Waals surface area contributed by atoms with Gasteiger partial charge in [0, 0.05) is 9.13 Å². The van der Waals surface area contributed by atoms with Gasteiger partial charge in [-0.2, -0.15) is 18.4 Å². The van der Waals surface area contributed by atoms with Crippen molar-refractivity contribution < 1.29 is 18.0 Å². The predicted molar refractivity (Wildman–Crippen MR) is 67.0 cm³/mol. The molecule has 0 radical (unpaired) electrons. The minimum Gasteiger partial charge on any atom is -0.293 e. The van der Waals surface area contributed by atoms with Crippen LogP contribution in [0.1, 0.15) is 21.5 Å². The number of hydrogen-bond acceptors (Lipinski definition) is 2. The standard InChI is InChI=1S/C10H4BrF3INO/c11-3-9(17)6-2-8(15)7(10(12,13)14)1-5(6)4-16/h1-2H,3H2. The van der Waals surface area contributed by atoms with Gasteiger partial charge < -0.3 is 0 Å². The van der Waals surface area contributed by atoms with Crippen molar-refractivity contribution in [2.45, 2.75) is 6.18 Å². The Labute approximate surface area is 117 Å². The van der Waals surface area contributed by atoms with Crippen LogP contribution in [-0.4, -0.2) is 11.1 Å². The van der Waals surface area contributed by atoms with Crippen molar-refractivity contribution in [2.24, 2.45) is 0 Å². The van der Waals surface area contributed by atoms with Gasteiger partial charge in [0.2, 0.25) is 0 Å². The van der Waals surface area contributed by atoms with E-state index in [4.69, 9.17) is 5.26 Å². The minimum absolute atomic E-state index is 0.00164. The van der Waals surface area contributed by atoms with Crippen LogP contribution in [-0.2, 0) is 6.18 Å². The topological polar surface area (TPSA) is 40.9 Å². The van der Waals surface area contributed by atoms with Gasteiger partial charge in [0.1, 0.15) is 0 Å². The molecule has 1 aromatic rings. The van der Waals surface area contributed by atoms with Crippen LogP contribution < -0.4 is 0 Å². The Kier molecular flexibility index (Phi) is 4.55. The van der Waals surface area contributed by atoms with Gasteiger partial charge in [0.05, 0.1) is 22.5 Å². The first-order chi connectivity index (χ1) is 7.81. The highest BCUT2D eigenvalue weighted by Gasteiger charge is 2.34. The summed E-state index contributed by atoms with van der Waals surface area (Å²) in [6.07, 6.45) is -4.53. The van der Waals surface area contributed by atoms with E-state index in [9.17, 15) is 18.0 Å². The molecule has 0 bridgehead atoms. The Hall–Kier alpha value is -0.620. The number of Topliss-reactive ketones (excluding diaryl/α,β-unsaturated/α-hetero) is 1. The fourth-order valence-corrected chi connectivity index (χ4v) is 2.26. The van der Waals surface area contributed by atoms with E-state index in [1.807, 2.05) is 0 Å². The second kappa shape index (κ2) is 5.35. The van der Waals surface area contributed by atoms with Crippen LogP contribution in [0, 0.1) is 14.9 Å². The number of halogens is 5. The Morgan fingerprint density at radius 2 is 2.06 bits per heavy atom. The number of carbonyl (C=O) groups excluding carboxylic acids is 1. The van der Waals surface area contributed by atoms with Gasteiger partial charge in [0.25, 0.3) is 0 Å². The lowest BCUT2D eigenvalue weighted by atomic mass is 10.0. The van der Waals surface area contributed by atoms with E-state index in [1.165, 1.54) is 22.6 Å². The van der Waals surface area contributed by atoms with Crippen molar-refractivity contribution >= 4 is 44.3 Å². The summed E-state index contributed by atoms with van der Waals surface area (Å²) in [4.78, 5) is 11.4. The maximum atomic E-state index is 12.6. The molecule has 1 rings (SSSR count). The monoisotopic (exact) mass is 417 g/mol. The number of hydrogen-bond donors (Lipinski definition) is 0. The highest BCUT2D eigenvalue weighted by Crippen LogP contribution is 2.34. The first-order valence-corrected chi connectivity index (χ1v) is 6.41. The van der Waals surface area contributed by atoms with Gasteiger partial charge in [-0.3, -0.25) is 4.79 Å². The van der Waals surface area contributed by atoms with Crippen LogP contribution in [0.2, 0.25) is 0 Å². The van der Waals surface area contributed by atoms with Gasteiger partial charge in [-0.05, 0) is 34.7 Å². The zero-order chi connectivity index (χ0) is 13.2. The zero-order valence-corrected chi connectivity index (χ0v) is 11.9. The molecule has 0 unspecified atom stereocenters. The highest BCUT2D eigenvalue weighted by atomic mass is 127. The predicted octanol–water partition coefficient (Wildman–Crippen LogP) is 3.76. The molecule has 0 saturated carbocycles. The molecule has 0 amide bonds. The third-order valence-electron chi connectivity index (χ3n) is 1.95. The molecule has 0 fully saturated rings. The maximum absolute atomic E-state index is 12.6. The second-order valence-corrected chi connectivity index (χ2v) is 4.77. The molecular formula is C10H4BrF3INO. The van der Waals surface area contributed by atoms with Gasteiger partial charge in [0.15, 0.2) is 5.78 Å². The average Bonchev–Trinajstić information content (AvgIpc) is 2.26. The number of carbonyl (C=O) groups is 1. The molecule has 90 valence electrons. The lowest BCUT2D eigenvalue weighted by Gasteiger charge is -2.11. The molecule has 0 N–H and O–H groups in total. The lowest BCUT2D eigenvalue weighted by molar-refractivity contribution is -0.138. The van der Waals surface area contributed by atoms with E-state index >= 15 is 0 Å². The summed E-state index contributed by atoms with van der Waals surface area (Å²) in [6.45, 7) is 0. The SMILES string of the molecule is N#Cc1cc(C(F)(F)F)c(I)cc1C(=O)CBr. The molecule has 17 heavy (non-hydrogen) atoms. The first kappa shape index (κ1) is 14.4. The Balaban J connectivity index is 3.47. The quantitative estimate of drug-likeness (QED) is 0.417. The minimum atomic E-state index is -4.53.